The number of hydrogen-bond acceptors (Lipinski definition) is 2. The van der Waals surface area contributed by atoms with E-state index in [1.54, 1.807) is 0 Å². The Morgan fingerprint density at radius 2 is 1.87 bits per heavy atom. The van der Waals surface area contributed by atoms with Crippen molar-refractivity contribution in [1.29, 1.82) is 0 Å². The highest BCUT2D eigenvalue weighted by Crippen LogP contribution is 2.18. The van der Waals surface area contributed by atoms with Crippen molar-refractivity contribution in [2.24, 2.45) is 5.73 Å². The van der Waals surface area contributed by atoms with Crippen molar-refractivity contribution in [3.05, 3.63) is 23.9 Å². The van der Waals surface area contributed by atoms with Crippen LogP contribution in [-0.4, -0.2) is 24.0 Å². The third-order valence-corrected chi connectivity index (χ3v) is 2.88. The highest BCUT2D eigenvalue weighted by Gasteiger charge is 2.16. The van der Waals surface area contributed by atoms with Gasteiger partial charge in [0.15, 0.2) is 0 Å². The maximum atomic E-state index is 5.86. The second kappa shape index (κ2) is 6.67. The number of rotatable bonds is 1. The smallest absolute Gasteiger partial charge is 0.0322 e. The van der Waals surface area contributed by atoms with Crippen molar-refractivity contribution in [3.8, 4) is 0 Å². The van der Waals surface area contributed by atoms with Gasteiger partial charge < -0.3 is 10.6 Å². The molecule has 0 saturated carbocycles. The monoisotopic (exact) mass is 208 g/mol. The number of allylic oxidation sites excluding steroid dienone is 3. The van der Waals surface area contributed by atoms with Crippen molar-refractivity contribution >= 4 is 0 Å². The van der Waals surface area contributed by atoms with Gasteiger partial charge in [0.25, 0.3) is 0 Å². The first-order valence-corrected chi connectivity index (χ1v) is 6.23. The van der Waals surface area contributed by atoms with Crippen LogP contribution >= 0.6 is 0 Å². The third-order valence-electron chi connectivity index (χ3n) is 2.88. The Hall–Kier alpha value is -0.760. The first-order valence-electron chi connectivity index (χ1n) is 6.23. The molecule has 1 aliphatic heterocycles. The number of hydrogen-bond donors (Lipinski definition) is 1. The molecule has 0 atom stereocenters. The van der Waals surface area contributed by atoms with Gasteiger partial charge in [-0.2, -0.15) is 0 Å². The summed E-state index contributed by atoms with van der Waals surface area (Å²) in [5.41, 5.74) is 7.28. The molecule has 1 aliphatic carbocycles. The average molecular weight is 208 g/mol. The second-order valence-electron chi connectivity index (χ2n) is 3.93. The number of likely N-dealkylation sites (tertiary alicyclic amines) is 1. The van der Waals surface area contributed by atoms with E-state index in [2.05, 4.69) is 23.1 Å². The zero-order chi connectivity index (χ0) is 11.1. The summed E-state index contributed by atoms with van der Waals surface area (Å²) < 4.78 is 0. The van der Waals surface area contributed by atoms with E-state index in [-0.39, 0.29) is 0 Å². The van der Waals surface area contributed by atoms with Crippen LogP contribution in [0.1, 0.15) is 39.5 Å². The molecule has 0 radical (unpaired) electrons. The largest absolute Gasteiger partial charge is 0.372 e. The van der Waals surface area contributed by atoms with Crippen molar-refractivity contribution < 1.29 is 0 Å². The molecule has 2 N–H and O–H groups in total. The third kappa shape index (κ3) is 3.71. The molecule has 0 amide bonds. The van der Waals surface area contributed by atoms with Crippen LogP contribution in [0, 0.1) is 0 Å². The van der Waals surface area contributed by atoms with E-state index in [0.29, 0.717) is 6.04 Å². The summed E-state index contributed by atoms with van der Waals surface area (Å²) in [5, 5.41) is 0. The van der Waals surface area contributed by atoms with Crippen molar-refractivity contribution in [2.75, 3.05) is 13.1 Å². The van der Waals surface area contributed by atoms with Gasteiger partial charge in [-0.05, 0) is 31.8 Å². The Bertz CT molecular complexity index is 223. The highest BCUT2D eigenvalue weighted by molar-refractivity contribution is 5.21. The summed E-state index contributed by atoms with van der Waals surface area (Å²) in [6.07, 6.45) is 11.6. The number of nitrogens with two attached hydrogens (primary N) is 1. The predicted molar refractivity (Wildman–Crippen MR) is 66.6 cm³/mol. The zero-order valence-electron chi connectivity index (χ0n) is 10.1. The van der Waals surface area contributed by atoms with Crippen LogP contribution in [0.15, 0.2) is 23.9 Å². The lowest BCUT2D eigenvalue weighted by molar-refractivity contribution is 0.269. The molecule has 0 aromatic heterocycles. The molecule has 2 heteroatoms. The summed E-state index contributed by atoms with van der Waals surface area (Å²) in [7, 11) is 0. The van der Waals surface area contributed by atoms with Crippen LogP contribution in [0.5, 0.6) is 0 Å². The van der Waals surface area contributed by atoms with E-state index in [4.69, 9.17) is 5.73 Å². The topological polar surface area (TPSA) is 29.3 Å². The van der Waals surface area contributed by atoms with Crippen LogP contribution in [0.3, 0.4) is 0 Å². The molecule has 1 saturated heterocycles. The molecule has 0 unspecified atom stereocenters. The Labute approximate surface area is 93.8 Å². The van der Waals surface area contributed by atoms with Crippen molar-refractivity contribution in [3.63, 3.8) is 0 Å². The number of piperidine rings is 1. The van der Waals surface area contributed by atoms with E-state index in [1.807, 2.05) is 13.8 Å². The van der Waals surface area contributed by atoms with Crippen molar-refractivity contribution in [2.45, 2.75) is 45.6 Å². The van der Waals surface area contributed by atoms with Gasteiger partial charge in [0.05, 0.1) is 0 Å². The zero-order valence-corrected chi connectivity index (χ0v) is 10.1. The van der Waals surface area contributed by atoms with Crippen LogP contribution in [-0.2, 0) is 0 Å². The lowest BCUT2D eigenvalue weighted by Gasteiger charge is -2.33. The van der Waals surface area contributed by atoms with Gasteiger partial charge in [-0.15, -0.1) is 0 Å². The molecular weight excluding hydrogens is 184 g/mol. The fourth-order valence-corrected chi connectivity index (χ4v) is 1.99. The van der Waals surface area contributed by atoms with Crippen molar-refractivity contribution in [1.82, 2.24) is 4.90 Å². The molecule has 0 aromatic rings. The highest BCUT2D eigenvalue weighted by atomic mass is 15.1. The van der Waals surface area contributed by atoms with E-state index in [1.165, 1.54) is 18.5 Å². The first-order chi connectivity index (χ1) is 7.36. The summed E-state index contributed by atoms with van der Waals surface area (Å²) >= 11 is 0. The SMILES string of the molecule is CC.NC1CCN(C2=CCCC=C2)CC1. The lowest BCUT2D eigenvalue weighted by Crippen LogP contribution is -2.38. The summed E-state index contributed by atoms with van der Waals surface area (Å²) in [5.74, 6) is 0. The Morgan fingerprint density at radius 1 is 1.20 bits per heavy atom. The molecule has 0 bridgehead atoms. The minimum atomic E-state index is 0.435. The van der Waals surface area contributed by atoms with E-state index in [0.717, 1.165) is 25.9 Å². The average Bonchev–Trinajstić information content (AvgIpc) is 2.34. The summed E-state index contributed by atoms with van der Waals surface area (Å²) in [4.78, 5) is 2.46. The van der Waals surface area contributed by atoms with Gasteiger partial charge in [-0.25, -0.2) is 0 Å². The van der Waals surface area contributed by atoms with Gasteiger partial charge in [0, 0.05) is 24.8 Å². The second-order valence-corrected chi connectivity index (χ2v) is 3.93. The molecular formula is C13H24N2. The molecule has 2 rings (SSSR count). The molecule has 0 spiro atoms. The minimum Gasteiger partial charge on any atom is -0.372 e. The fraction of sp³-hybridized carbons (Fsp3) is 0.692. The lowest BCUT2D eigenvalue weighted by atomic mass is 10.0. The van der Waals surface area contributed by atoms with Gasteiger partial charge in [-0.1, -0.05) is 26.0 Å². The quantitative estimate of drug-likeness (QED) is 0.718. The molecule has 86 valence electrons. The molecule has 2 nitrogen and oxygen atoms in total. The van der Waals surface area contributed by atoms with Crippen LogP contribution in [0.25, 0.3) is 0 Å². The Balaban J connectivity index is 0.000000531. The van der Waals surface area contributed by atoms with Gasteiger partial charge in [0.2, 0.25) is 0 Å². The fourth-order valence-electron chi connectivity index (χ4n) is 1.99. The number of nitrogens with zero attached hydrogens (tertiary/aromatic N) is 1. The van der Waals surface area contributed by atoms with Crippen LogP contribution < -0.4 is 5.73 Å². The predicted octanol–water partition coefficient (Wildman–Crippen LogP) is 2.67. The van der Waals surface area contributed by atoms with E-state index < -0.39 is 0 Å². The molecule has 2 aliphatic rings. The Kier molecular flexibility index (Phi) is 5.48. The molecule has 0 aromatic carbocycles. The van der Waals surface area contributed by atoms with Crippen LogP contribution in [0.4, 0.5) is 0 Å². The van der Waals surface area contributed by atoms with Gasteiger partial charge in [-0.3, -0.25) is 0 Å². The maximum absolute atomic E-state index is 5.86. The summed E-state index contributed by atoms with van der Waals surface area (Å²) in [6, 6.07) is 0.435. The van der Waals surface area contributed by atoms with E-state index in [9.17, 15) is 0 Å². The Morgan fingerprint density at radius 3 is 2.40 bits per heavy atom. The molecule has 1 fully saturated rings. The normalized spacial score (nSPS) is 21.8. The first kappa shape index (κ1) is 12.3. The molecule has 1 heterocycles. The maximum Gasteiger partial charge on any atom is 0.0322 e. The molecule has 15 heavy (non-hydrogen) atoms. The van der Waals surface area contributed by atoms with E-state index >= 15 is 0 Å². The van der Waals surface area contributed by atoms with Crippen LogP contribution in [0.2, 0.25) is 0 Å². The van der Waals surface area contributed by atoms with Gasteiger partial charge >= 0.3 is 0 Å². The van der Waals surface area contributed by atoms with Gasteiger partial charge in [0.1, 0.15) is 0 Å². The minimum absolute atomic E-state index is 0.435. The standard InChI is InChI=1S/C11H18N2.C2H6/c12-10-6-8-13(9-7-10)11-4-2-1-3-5-11;1-2/h2,4-5,10H,1,3,6-9,12H2;1-2H3. The summed E-state index contributed by atoms with van der Waals surface area (Å²) in [6.45, 7) is 6.27.